The first-order valence-electron chi connectivity index (χ1n) is 7.03. The SMILES string of the molecule is Nc1ncc(CN2CCc3ccccc3C2)c2ncnn12. The van der Waals surface area contributed by atoms with Gasteiger partial charge >= 0.3 is 0 Å². The number of hydrogen-bond acceptors (Lipinski definition) is 5. The van der Waals surface area contributed by atoms with Crippen LogP contribution in [0, 0.1) is 0 Å². The summed E-state index contributed by atoms with van der Waals surface area (Å²) in [5, 5.41) is 4.11. The molecular weight excluding hydrogens is 264 g/mol. The van der Waals surface area contributed by atoms with Gasteiger partial charge in [0.15, 0.2) is 5.65 Å². The number of nitrogens with two attached hydrogens (primary N) is 1. The lowest BCUT2D eigenvalue weighted by atomic mass is 10.00. The average molecular weight is 280 g/mol. The van der Waals surface area contributed by atoms with E-state index < -0.39 is 0 Å². The van der Waals surface area contributed by atoms with Crippen LogP contribution in [-0.2, 0) is 19.5 Å². The molecule has 0 radical (unpaired) electrons. The number of aromatic nitrogens is 4. The number of nitrogen functional groups attached to an aromatic ring is 1. The lowest BCUT2D eigenvalue weighted by Crippen LogP contribution is -2.30. The quantitative estimate of drug-likeness (QED) is 0.765. The molecule has 0 saturated heterocycles. The predicted molar refractivity (Wildman–Crippen MR) is 79.5 cm³/mol. The highest BCUT2D eigenvalue weighted by atomic mass is 15.3. The van der Waals surface area contributed by atoms with E-state index >= 15 is 0 Å². The zero-order valence-electron chi connectivity index (χ0n) is 11.6. The number of benzene rings is 1. The normalized spacial score (nSPS) is 15.2. The first-order valence-corrected chi connectivity index (χ1v) is 7.03. The maximum absolute atomic E-state index is 5.80. The summed E-state index contributed by atoms with van der Waals surface area (Å²) in [6.07, 6.45) is 4.41. The third-order valence-corrected chi connectivity index (χ3v) is 4.01. The Morgan fingerprint density at radius 2 is 2.00 bits per heavy atom. The standard InChI is InChI=1S/C15H16N6/c16-15-17-7-13(14-18-10-19-21(14)15)9-20-6-5-11-3-1-2-4-12(11)8-20/h1-4,7,10H,5-6,8-9H2,(H2,16,17). The van der Waals surface area contributed by atoms with Crippen LogP contribution in [0.3, 0.4) is 0 Å². The zero-order chi connectivity index (χ0) is 14.2. The van der Waals surface area contributed by atoms with Crippen LogP contribution in [0.25, 0.3) is 5.65 Å². The van der Waals surface area contributed by atoms with Crippen LogP contribution in [0.5, 0.6) is 0 Å². The lowest BCUT2D eigenvalue weighted by molar-refractivity contribution is 0.246. The Labute approximate surface area is 122 Å². The lowest BCUT2D eigenvalue weighted by Gasteiger charge is -2.28. The summed E-state index contributed by atoms with van der Waals surface area (Å²) in [5.41, 5.74) is 10.5. The molecule has 1 aromatic carbocycles. The summed E-state index contributed by atoms with van der Waals surface area (Å²) in [7, 11) is 0. The highest BCUT2D eigenvalue weighted by molar-refractivity contribution is 5.49. The van der Waals surface area contributed by atoms with Gasteiger partial charge < -0.3 is 5.73 Å². The van der Waals surface area contributed by atoms with Crippen LogP contribution in [-0.4, -0.2) is 31.0 Å². The van der Waals surface area contributed by atoms with E-state index in [-0.39, 0.29) is 0 Å². The molecule has 4 rings (SSSR count). The molecule has 1 aliphatic rings. The second kappa shape index (κ2) is 4.82. The van der Waals surface area contributed by atoms with Crippen molar-refractivity contribution in [3.63, 3.8) is 0 Å². The molecule has 0 unspecified atom stereocenters. The first kappa shape index (κ1) is 12.3. The van der Waals surface area contributed by atoms with Crippen LogP contribution < -0.4 is 5.73 Å². The molecule has 0 atom stereocenters. The van der Waals surface area contributed by atoms with Crippen LogP contribution in [0.15, 0.2) is 36.8 Å². The third-order valence-electron chi connectivity index (χ3n) is 4.01. The summed E-state index contributed by atoms with van der Waals surface area (Å²) in [6, 6.07) is 8.63. The molecule has 1 aliphatic heterocycles. The van der Waals surface area contributed by atoms with Crippen LogP contribution in [0.4, 0.5) is 5.95 Å². The van der Waals surface area contributed by atoms with E-state index in [9.17, 15) is 0 Å². The van der Waals surface area contributed by atoms with Gasteiger partial charge in [-0.05, 0) is 17.5 Å². The maximum Gasteiger partial charge on any atom is 0.223 e. The van der Waals surface area contributed by atoms with Gasteiger partial charge in [-0.15, -0.1) is 0 Å². The minimum Gasteiger partial charge on any atom is -0.368 e. The molecule has 6 heteroatoms. The van der Waals surface area contributed by atoms with Gasteiger partial charge in [-0.3, -0.25) is 4.90 Å². The van der Waals surface area contributed by atoms with Crippen LogP contribution in [0.2, 0.25) is 0 Å². The van der Waals surface area contributed by atoms with Crippen molar-refractivity contribution >= 4 is 11.6 Å². The topological polar surface area (TPSA) is 72.3 Å². The van der Waals surface area contributed by atoms with Crippen molar-refractivity contribution in [2.75, 3.05) is 12.3 Å². The van der Waals surface area contributed by atoms with Crippen molar-refractivity contribution in [2.24, 2.45) is 0 Å². The average Bonchev–Trinajstić information content (AvgIpc) is 3.01. The van der Waals surface area contributed by atoms with Crippen LogP contribution >= 0.6 is 0 Å². The van der Waals surface area contributed by atoms with Crippen molar-refractivity contribution in [3.05, 3.63) is 53.5 Å². The van der Waals surface area contributed by atoms with Crippen molar-refractivity contribution in [1.29, 1.82) is 0 Å². The van der Waals surface area contributed by atoms with Crippen LogP contribution in [0.1, 0.15) is 16.7 Å². The predicted octanol–water partition coefficient (Wildman–Crippen LogP) is 1.26. The highest BCUT2D eigenvalue weighted by Crippen LogP contribution is 2.21. The van der Waals surface area contributed by atoms with E-state index in [0.717, 1.165) is 37.3 Å². The van der Waals surface area contributed by atoms with Gasteiger partial charge in [0.1, 0.15) is 6.33 Å². The van der Waals surface area contributed by atoms with E-state index in [1.807, 2.05) is 0 Å². The van der Waals surface area contributed by atoms with Gasteiger partial charge in [0.05, 0.1) is 0 Å². The molecule has 2 aromatic heterocycles. The van der Waals surface area contributed by atoms with Gasteiger partial charge in [0.25, 0.3) is 0 Å². The van der Waals surface area contributed by atoms with E-state index in [0.29, 0.717) is 5.95 Å². The minimum absolute atomic E-state index is 0.371. The zero-order valence-corrected chi connectivity index (χ0v) is 11.6. The van der Waals surface area contributed by atoms with Gasteiger partial charge in [0, 0.05) is 31.4 Å². The Morgan fingerprint density at radius 3 is 2.90 bits per heavy atom. The van der Waals surface area contributed by atoms with Gasteiger partial charge in [0.2, 0.25) is 5.95 Å². The van der Waals surface area contributed by atoms with E-state index in [1.54, 1.807) is 10.7 Å². The number of hydrogen-bond donors (Lipinski definition) is 1. The summed E-state index contributed by atoms with van der Waals surface area (Å²) in [6.45, 7) is 2.81. The largest absolute Gasteiger partial charge is 0.368 e. The van der Waals surface area contributed by atoms with E-state index in [1.165, 1.54) is 17.5 Å². The number of nitrogens with zero attached hydrogens (tertiary/aromatic N) is 5. The molecule has 0 spiro atoms. The molecule has 0 fully saturated rings. The molecule has 0 bridgehead atoms. The molecule has 3 aromatic rings. The Bertz CT molecular complexity index is 794. The fourth-order valence-corrected chi connectivity index (χ4v) is 2.93. The second-order valence-electron chi connectivity index (χ2n) is 5.37. The van der Waals surface area contributed by atoms with Crippen molar-refractivity contribution < 1.29 is 0 Å². The minimum atomic E-state index is 0.371. The fraction of sp³-hybridized carbons (Fsp3) is 0.267. The molecule has 0 aliphatic carbocycles. The summed E-state index contributed by atoms with van der Waals surface area (Å²) >= 11 is 0. The third kappa shape index (κ3) is 2.13. The molecule has 3 heterocycles. The smallest absolute Gasteiger partial charge is 0.223 e. The Balaban J connectivity index is 1.62. The van der Waals surface area contributed by atoms with Crippen molar-refractivity contribution in [1.82, 2.24) is 24.5 Å². The molecule has 2 N–H and O–H groups in total. The van der Waals surface area contributed by atoms with Gasteiger partial charge in [-0.25, -0.2) is 9.97 Å². The summed E-state index contributed by atoms with van der Waals surface area (Å²) in [5.74, 6) is 0.371. The molecule has 0 saturated carbocycles. The molecule has 106 valence electrons. The molecule has 0 amide bonds. The van der Waals surface area contributed by atoms with Gasteiger partial charge in [-0.1, -0.05) is 24.3 Å². The summed E-state index contributed by atoms with van der Waals surface area (Å²) in [4.78, 5) is 10.9. The molecular formula is C15H16N6. The number of anilines is 1. The Hall–Kier alpha value is -2.47. The maximum atomic E-state index is 5.80. The van der Waals surface area contributed by atoms with E-state index in [2.05, 4.69) is 44.2 Å². The van der Waals surface area contributed by atoms with Gasteiger partial charge in [-0.2, -0.15) is 9.61 Å². The molecule has 6 nitrogen and oxygen atoms in total. The molecule has 21 heavy (non-hydrogen) atoms. The van der Waals surface area contributed by atoms with Crippen molar-refractivity contribution in [2.45, 2.75) is 19.5 Å². The fourth-order valence-electron chi connectivity index (χ4n) is 2.93. The number of fused-ring (bicyclic) bond motifs is 2. The monoisotopic (exact) mass is 280 g/mol. The Kier molecular flexibility index (Phi) is 2.82. The van der Waals surface area contributed by atoms with E-state index in [4.69, 9.17) is 5.73 Å². The highest BCUT2D eigenvalue weighted by Gasteiger charge is 2.17. The Morgan fingerprint density at radius 1 is 1.14 bits per heavy atom. The second-order valence-corrected chi connectivity index (χ2v) is 5.37. The first-order chi connectivity index (χ1) is 10.3. The van der Waals surface area contributed by atoms with Crippen molar-refractivity contribution in [3.8, 4) is 0 Å². The number of rotatable bonds is 2. The summed E-state index contributed by atoms with van der Waals surface area (Å²) < 4.78 is 1.59.